The van der Waals surface area contributed by atoms with Crippen LogP contribution < -0.4 is 0 Å². The lowest BCUT2D eigenvalue weighted by atomic mass is 10.1. The maximum atomic E-state index is 2.40. The molecule has 0 bridgehead atoms. The maximum Gasteiger partial charge on any atom is 0.166 e. The molecule has 0 aromatic heterocycles. The summed E-state index contributed by atoms with van der Waals surface area (Å²) in [5.41, 5.74) is 4.44. The fourth-order valence-corrected chi connectivity index (χ4v) is 7.09. The molecule has 0 radical (unpaired) electrons. The molecule has 3 aromatic carbocycles. The van der Waals surface area contributed by atoms with E-state index < -0.39 is 0 Å². The molecule has 200 valence electrons. The zero-order valence-corrected chi connectivity index (χ0v) is 24.8. The first kappa shape index (κ1) is 29.6. The summed E-state index contributed by atoms with van der Waals surface area (Å²) in [6.45, 7) is 6.86. The molecule has 37 heavy (non-hydrogen) atoms. The van der Waals surface area contributed by atoms with Gasteiger partial charge in [0.2, 0.25) is 0 Å². The summed E-state index contributed by atoms with van der Waals surface area (Å²) in [5.74, 6) is 0. The van der Waals surface area contributed by atoms with Crippen molar-refractivity contribution in [2.24, 2.45) is 0 Å². The molecule has 0 aliphatic carbocycles. The number of aryl methyl sites for hydroxylation is 3. The standard InChI is InChI=1S/C36H51S/c1-4-7-10-13-16-31-19-25-34(26-20-31)37(35-27-21-32(22-28-35)17-14-11-8-5-2)36-29-23-33(24-30-36)18-15-12-9-6-3/h19-30H,4-18H2,1-3H3/q+1. The average molecular weight is 516 g/mol. The Hall–Kier alpha value is -1.99. The lowest BCUT2D eigenvalue weighted by Crippen LogP contribution is -2.05. The average Bonchev–Trinajstić information content (AvgIpc) is 2.94. The van der Waals surface area contributed by atoms with E-state index in [-0.39, 0.29) is 10.9 Å². The minimum Gasteiger partial charge on any atom is -0.0654 e. The van der Waals surface area contributed by atoms with E-state index in [0.717, 1.165) is 0 Å². The Morgan fingerprint density at radius 3 is 0.865 bits per heavy atom. The van der Waals surface area contributed by atoms with Crippen LogP contribution in [0.2, 0.25) is 0 Å². The number of benzene rings is 3. The summed E-state index contributed by atoms with van der Waals surface area (Å²) in [6.07, 6.45) is 19.5. The predicted octanol–water partition coefficient (Wildman–Crippen LogP) is 11.2. The van der Waals surface area contributed by atoms with Crippen molar-refractivity contribution < 1.29 is 0 Å². The molecular weight excluding hydrogens is 464 g/mol. The van der Waals surface area contributed by atoms with Crippen molar-refractivity contribution in [3.8, 4) is 0 Å². The van der Waals surface area contributed by atoms with E-state index in [1.165, 1.54) is 128 Å². The van der Waals surface area contributed by atoms with Crippen LogP contribution in [-0.4, -0.2) is 0 Å². The van der Waals surface area contributed by atoms with E-state index in [1.54, 1.807) is 0 Å². The van der Waals surface area contributed by atoms with Gasteiger partial charge in [0, 0.05) is 0 Å². The van der Waals surface area contributed by atoms with Gasteiger partial charge in [-0.15, -0.1) is 0 Å². The van der Waals surface area contributed by atoms with Crippen LogP contribution in [0.25, 0.3) is 0 Å². The lowest BCUT2D eigenvalue weighted by molar-refractivity contribution is 0.666. The van der Waals surface area contributed by atoms with Crippen LogP contribution in [-0.2, 0) is 30.2 Å². The summed E-state index contributed by atoms with van der Waals surface area (Å²) in [4.78, 5) is 4.30. The molecule has 0 saturated carbocycles. The zero-order valence-electron chi connectivity index (χ0n) is 23.9. The van der Waals surface area contributed by atoms with Crippen molar-refractivity contribution in [2.45, 2.75) is 132 Å². The number of hydrogen-bond acceptors (Lipinski definition) is 0. The maximum absolute atomic E-state index is 2.40. The molecule has 3 rings (SSSR count). The Bertz CT molecular complexity index is 837. The first-order valence-electron chi connectivity index (χ1n) is 15.3. The van der Waals surface area contributed by atoms with E-state index in [1.807, 2.05) is 0 Å². The van der Waals surface area contributed by atoms with Gasteiger partial charge in [-0.2, -0.15) is 0 Å². The Morgan fingerprint density at radius 2 is 0.622 bits per heavy atom. The van der Waals surface area contributed by atoms with E-state index in [9.17, 15) is 0 Å². The minimum absolute atomic E-state index is 0.0657. The van der Waals surface area contributed by atoms with Gasteiger partial charge in [0.15, 0.2) is 14.7 Å². The van der Waals surface area contributed by atoms with Gasteiger partial charge < -0.3 is 0 Å². The molecule has 0 spiro atoms. The van der Waals surface area contributed by atoms with E-state index in [2.05, 4.69) is 93.6 Å². The molecular formula is C36H51S+. The highest BCUT2D eigenvalue weighted by Crippen LogP contribution is 2.32. The van der Waals surface area contributed by atoms with Gasteiger partial charge in [0.25, 0.3) is 0 Å². The van der Waals surface area contributed by atoms with Crippen LogP contribution in [0.1, 0.15) is 115 Å². The third kappa shape index (κ3) is 10.4. The van der Waals surface area contributed by atoms with Gasteiger partial charge in [0.05, 0.1) is 10.9 Å². The highest BCUT2D eigenvalue weighted by Gasteiger charge is 2.28. The Labute approximate surface area is 231 Å². The largest absolute Gasteiger partial charge is 0.166 e. The second-order valence-corrected chi connectivity index (χ2v) is 12.7. The van der Waals surface area contributed by atoms with Crippen LogP contribution in [0.5, 0.6) is 0 Å². The van der Waals surface area contributed by atoms with Gasteiger partial charge in [-0.25, -0.2) is 0 Å². The quantitative estimate of drug-likeness (QED) is 0.117. The molecule has 0 fully saturated rings. The second-order valence-electron chi connectivity index (χ2n) is 10.7. The molecule has 0 aliphatic heterocycles. The molecule has 3 aromatic rings. The van der Waals surface area contributed by atoms with Gasteiger partial charge in [-0.1, -0.05) is 115 Å². The summed E-state index contributed by atoms with van der Waals surface area (Å²) < 4.78 is 0. The molecule has 0 unspecified atom stereocenters. The molecule has 0 N–H and O–H groups in total. The fraction of sp³-hybridized carbons (Fsp3) is 0.500. The van der Waals surface area contributed by atoms with Crippen LogP contribution in [0.3, 0.4) is 0 Å². The molecule has 0 heterocycles. The van der Waals surface area contributed by atoms with Crippen LogP contribution in [0.15, 0.2) is 87.5 Å². The first-order chi connectivity index (χ1) is 18.2. The minimum atomic E-state index is -0.0657. The highest BCUT2D eigenvalue weighted by atomic mass is 32.2. The Morgan fingerprint density at radius 1 is 0.351 bits per heavy atom. The summed E-state index contributed by atoms with van der Waals surface area (Å²) in [5, 5.41) is 0. The fourth-order valence-electron chi connectivity index (χ4n) is 5.05. The van der Waals surface area contributed by atoms with Gasteiger partial charge in [-0.05, 0) is 91.6 Å². The summed E-state index contributed by atoms with van der Waals surface area (Å²) in [6, 6.07) is 28.7. The van der Waals surface area contributed by atoms with E-state index in [4.69, 9.17) is 0 Å². The smallest absolute Gasteiger partial charge is 0.0654 e. The van der Waals surface area contributed by atoms with Crippen LogP contribution >= 0.6 is 0 Å². The summed E-state index contributed by atoms with van der Waals surface area (Å²) >= 11 is 0. The zero-order chi connectivity index (χ0) is 26.1. The third-order valence-corrected chi connectivity index (χ3v) is 9.66. The van der Waals surface area contributed by atoms with Gasteiger partial charge in [0.1, 0.15) is 0 Å². The molecule has 0 atom stereocenters. The van der Waals surface area contributed by atoms with Crippen molar-refractivity contribution in [2.75, 3.05) is 0 Å². The lowest BCUT2D eigenvalue weighted by Gasteiger charge is -2.11. The van der Waals surface area contributed by atoms with Crippen LogP contribution in [0.4, 0.5) is 0 Å². The van der Waals surface area contributed by atoms with Crippen molar-refractivity contribution in [1.29, 1.82) is 0 Å². The van der Waals surface area contributed by atoms with Gasteiger partial charge >= 0.3 is 0 Å². The SMILES string of the molecule is CCCCCCc1ccc([S+](c2ccc(CCCCCC)cc2)c2ccc(CCCCCC)cc2)cc1. The monoisotopic (exact) mass is 515 g/mol. The number of rotatable bonds is 18. The van der Waals surface area contributed by atoms with Crippen molar-refractivity contribution in [3.05, 3.63) is 89.5 Å². The molecule has 0 nitrogen and oxygen atoms in total. The van der Waals surface area contributed by atoms with E-state index >= 15 is 0 Å². The summed E-state index contributed by atoms with van der Waals surface area (Å²) in [7, 11) is -0.0657. The number of unbranched alkanes of at least 4 members (excludes halogenated alkanes) is 9. The van der Waals surface area contributed by atoms with E-state index in [0.29, 0.717) is 0 Å². The first-order valence-corrected chi connectivity index (χ1v) is 16.5. The molecule has 0 aliphatic rings. The van der Waals surface area contributed by atoms with Crippen molar-refractivity contribution >= 4 is 10.9 Å². The Balaban J connectivity index is 1.77. The second kappa shape index (κ2) is 17.5. The molecule has 1 heteroatoms. The topological polar surface area (TPSA) is 0 Å². The molecule has 0 saturated heterocycles. The normalized spacial score (nSPS) is 11.4. The number of hydrogen-bond donors (Lipinski definition) is 0. The van der Waals surface area contributed by atoms with Gasteiger partial charge in [-0.3, -0.25) is 0 Å². The van der Waals surface area contributed by atoms with Crippen molar-refractivity contribution in [3.63, 3.8) is 0 Å². The molecule has 0 amide bonds. The Kier molecular flexibility index (Phi) is 14.0. The predicted molar refractivity (Wildman–Crippen MR) is 165 cm³/mol. The van der Waals surface area contributed by atoms with Crippen LogP contribution in [0, 0.1) is 0 Å². The third-order valence-electron chi connectivity index (χ3n) is 7.43. The highest BCUT2D eigenvalue weighted by molar-refractivity contribution is 7.97. The van der Waals surface area contributed by atoms with Crippen molar-refractivity contribution in [1.82, 2.24) is 0 Å².